The molecular weight excluding hydrogens is 180 g/mol. The van der Waals surface area contributed by atoms with Crippen LogP contribution in [0.25, 0.3) is 0 Å². The minimum atomic E-state index is 0.125. The molecule has 0 spiro atoms. The van der Waals surface area contributed by atoms with Crippen LogP contribution in [0.5, 0.6) is 11.5 Å². The third-order valence-electron chi connectivity index (χ3n) is 2.42. The first kappa shape index (κ1) is 9.06. The molecule has 1 unspecified atom stereocenters. The lowest BCUT2D eigenvalue weighted by atomic mass is 10.0. The maximum atomic E-state index is 10.8. The molecular formula is C11H12O3. The second kappa shape index (κ2) is 3.33. The van der Waals surface area contributed by atoms with E-state index >= 15 is 0 Å². The summed E-state index contributed by atoms with van der Waals surface area (Å²) in [4.78, 5) is 10.8. The largest absolute Gasteiger partial charge is 0.493 e. The van der Waals surface area contributed by atoms with Gasteiger partial charge < -0.3 is 9.47 Å². The van der Waals surface area contributed by atoms with Gasteiger partial charge in [0.1, 0.15) is 12.4 Å². The van der Waals surface area contributed by atoms with Gasteiger partial charge in [-0.05, 0) is 19.1 Å². The topological polar surface area (TPSA) is 35.5 Å². The molecule has 0 radical (unpaired) electrons. The van der Waals surface area contributed by atoms with E-state index in [0.717, 1.165) is 24.0 Å². The third-order valence-corrected chi connectivity index (χ3v) is 2.42. The zero-order valence-corrected chi connectivity index (χ0v) is 8.24. The minimum Gasteiger partial charge on any atom is -0.493 e. The molecule has 1 heterocycles. The molecule has 1 aliphatic heterocycles. The van der Waals surface area contributed by atoms with Crippen LogP contribution in [0.3, 0.4) is 0 Å². The normalized spacial score (nSPS) is 18.6. The smallest absolute Gasteiger partial charge is 0.165 e. The number of ether oxygens (including phenoxy) is 2. The number of hydrogen-bond acceptors (Lipinski definition) is 3. The lowest BCUT2D eigenvalue weighted by molar-refractivity contribution is 0.112. The summed E-state index contributed by atoms with van der Waals surface area (Å²) in [7, 11) is 1.60. The summed E-state index contributed by atoms with van der Waals surface area (Å²) < 4.78 is 10.8. The highest BCUT2D eigenvalue weighted by Crippen LogP contribution is 2.39. The Labute approximate surface area is 82.6 Å². The maximum absolute atomic E-state index is 10.8. The van der Waals surface area contributed by atoms with E-state index in [1.165, 1.54) is 0 Å². The van der Waals surface area contributed by atoms with E-state index in [1.807, 2.05) is 6.92 Å². The summed E-state index contributed by atoms with van der Waals surface area (Å²) in [5.74, 6) is 1.43. The van der Waals surface area contributed by atoms with E-state index < -0.39 is 0 Å². The molecule has 3 heteroatoms. The van der Waals surface area contributed by atoms with Gasteiger partial charge in [0, 0.05) is 17.5 Å². The molecule has 0 bridgehead atoms. The number of carbonyl (C=O) groups is 1. The van der Waals surface area contributed by atoms with Gasteiger partial charge in [0.2, 0.25) is 0 Å². The Hall–Kier alpha value is -1.51. The molecule has 0 aromatic heterocycles. The number of fused-ring (bicyclic) bond motifs is 1. The maximum Gasteiger partial charge on any atom is 0.165 e. The van der Waals surface area contributed by atoms with Crippen LogP contribution in [0.15, 0.2) is 12.1 Å². The molecule has 1 aromatic rings. The molecule has 3 nitrogen and oxygen atoms in total. The molecule has 1 aromatic carbocycles. The lowest BCUT2D eigenvalue weighted by Crippen LogP contribution is -2.05. The van der Waals surface area contributed by atoms with Crippen molar-refractivity contribution in [3.05, 3.63) is 23.3 Å². The van der Waals surface area contributed by atoms with Crippen LogP contribution in [0.2, 0.25) is 0 Å². The Kier molecular flexibility index (Phi) is 2.15. The molecule has 2 rings (SSSR count). The Balaban J connectivity index is 2.55. The summed E-state index contributed by atoms with van der Waals surface area (Å²) >= 11 is 0. The lowest BCUT2D eigenvalue weighted by Gasteiger charge is -2.08. The zero-order valence-electron chi connectivity index (χ0n) is 8.24. The van der Waals surface area contributed by atoms with E-state index in [0.29, 0.717) is 11.3 Å². The number of hydrogen-bond donors (Lipinski definition) is 0. The van der Waals surface area contributed by atoms with Crippen LogP contribution in [0, 0.1) is 0 Å². The standard InChI is InChI=1S/C11H12O3/c1-7-5-9-8(6-12)3-4-10(13-2)11(9)14-7/h3-4,6-7H,5H2,1-2H3. The first-order chi connectivity index (χ1) is 6.76. The summed E-state index contributed by atoms with van der Waals surface area (Å²) in [5.41, 5.74) is 1.66. The van der Waals surface area contributed by atoms with Crippen LogP contribution >= 0.6 is 0 Å². The molecule has 0 fully saturated rings. The van der Waals surface area contributed by atoms with Crippen molar-refractivity contribution in [2.45, 2.75) is 19.4 Å². The first-order valence-corrected chi connectivity index (χ1v) is 4.58. The molecule has 0 amide bonds. The fourth-order valence-corrected chi connectivity index (χ4v) is 1.76. The number of carbonyl (C=O) groups excluding carboxylic acids is 1. The van der Waals surface area contributed by atoms with Crippen molar-refractivity contribution < 1.29 is 14.3 Å². The second-order valence-corrected chi connectivity index (χ2v) is 3.42. The van der Waals surface area contributed by atoms with Gasteiger partial charge >= 0.3 is 0 Å². The number of rotatable bonds is 2. The van der Waals surface area contributed by atoms with Gasteiger partial charge in [0.25, 0.3) is 0 Å². The van der Waals surface area contributed by atoms with Crippen molar-refractivity contribution in [1.82, 2.24) is 0 Å². The van der Waals surface area contributed by atoms with Crippen LogP contribution in [0.1, 0.15) is 22.8 Å². The van der Waals surface area contributed by atoms with Gasteiger partial charge in [-0.1, -0.05) is 0 Å². The van der Waals surface area contributed by atoms with Gasteiger partial charge in [-0.15, -0.1) is 0 Å². The highest BCUT2D eigenvalue weighted by Gasteiger charge is 2.25. The van der Waals surface area contributed by atoms with Gasteiger partial charge in [0.05, 0.1) is 7.11 Å². The molecule has 74 valence electrons. The van der Waals surface area contributed by atoms with Crippen LogP contribution in [-0.4, -0.2) is 19.5 Å². The minimum absolute atomic E-state index is 0.125. The third kappa shape index (κ3) is 1.25. The Bertz CT molecular complexity index is 371. The quantitative estimate of drug-likeness (QED) is 0.670. The highest BCUT2D eigenvalue weighted by molar-refractivity contribution is 5.80. The Morgan fingerprint density at radius 1 is 1.57 bits per heavy atom. The van der Waals surface area contributed by atoms with E-state index in [1.54, 1.807) is 19.2 Å². The van der Waals surface area contributed by atoms with E-state index in [2.05, 4.69) is 0 Å². The number of aldehydes is 1. The van der Waals surface area contributed by atoms with E-state index in [9.17, 15) is 4.79 Å². The summed E-state index contributed by atoms with van der Waals surface area (Å²) in [6.07, 6.45) is 1.76. The number of benzene rings is 1. The summed E-state index contributed by atoms with van der Waals surface area (Å²) in [6.45, 7) is 1.98. The Morgan fingerprint density at radius 3 is 3.00 bits per heavy atom. The number of methoxy groups -OCH3 is 1. The fraction of sp³-hybridized carbons (Fsp3) is 0.364. The van der Waals surface area contributed by atoms with Crippen molar-refractivity contribution in [3.8, 4) is 11.5 Å². The van der Waals surface area contributed by atoms with Crippen LogP contribution < -0.4 is 9.47 Å². The summed E-state index contributed by atoms with van der Waals surface area (Å²) in [5, 5.41) is 0. The van der Waals surface area contributed by atoms with Crippen molar-refractivity contribution in [3.63, 3.8) is 0 Å². The molecule has 0 saturated carbocycles. The predicted molar refractivity (Wildman–Crippen MR) is 52.2 cm³/mol. The van der Waals surface area contributed by atoms with Crippen molar-refractivity contribution in [2.24, 2.45) is 0 Å². The van der Waals surface area contributed by atoms with Gasteiger partial charge in [-0.25, -0.2) is 0 Å². The highest BCUT2D eigenvalue weighted by atomic mass is 16.5. The van der Waals surface area contributed by atoms with Gasteiger partial charge in [-0.2, -0.15) is 0 Å². The average molecular weight is 192 g/mol. The Morgan fingerprint density at radius 2 is 2.36 bits per heavy atom. The van der Waals surface area contributed by atoms with Crippen LogP contribution in [-0.2, 0) is 6.42 Å². The molecule has 0 aliphatic carbocycles. The van der Waals surface area contributed by atoms with Crippen molar-refractivity contribution in [2.75, 3.05) is 7.11 Å². The molecule has 0 saturated heterocycles. The monoisotopic (exact) mass is 192 g/mol. The van der Waals surface area contributed by atoms with Crippen LogP contribution in [0.4, 0.5) is 0 Å². The predicted octanol–water partition coefficient (Wildman–Crippen LogP) is 1.83. The average Bonchev–Trinajstić information content (AvgIpc) is 2.57. The SMILES string of the molecule is COc1ccc(C=O)c2c1OC(C)C2. The molecule has 1 aliphatic rings. The first-order valence-electron chi connectivity index (χ1n) is 4.58. The van der Waals surface area contributed by atoms with E-state index in [-0.39, 0.29) is 6.10 Å². The zero-order chi connectivity index (χ0) is 10.1. The summed E-state index contributed by atoms with van der Waals surface area (Å²) in [6, 6.07) is 3.53. The molecule has 0 N–H and O–H groups in total. The molecule has 1 atom stereocenters. The second-order valence-electron chi connectivity index (χ2n) is 3.42. The van der Waals surface area contributed by atoms with Gasteiger partial charge in [0.15, 0.2) is 11.5 Å². The van der Waals surface area contributed by atoms with Gasteiger partial charge in [-0.3, -0.25) is 4.79 Å². The van der Waals surface area contributed by atoms with Crippen molar-refractivity contribution >= 4 is 6.29 Å². The molecule has 14 heavy (non-hydrogen) atoms. The fourth-order valence-electron chi connectivity index (χ4n) is 1.76. The van der Waals surface area contributed by atoms with Crippen molar-refractivity contribution in [1.29, 1.82) is 0 Å². The van der Waals surface area contributed by atoms with E-state index in [4.69, 9.17) is 9.47 Å².